The first kappa shape index (κ1) is 32.5. The molecule has 0 aliphatic heterocycles. The number of anilines is 1. The van der Waals surface area contributed by atoms with E-state index in [9.17, 15) is 24.0 Å². The normalized spacial score (nSPS) is 11.1. The van der Waals surface area contributed by atoms with E-state index >= 15 is 0 Å². The standard InChI is InChI=1S/C27H33N5O4.C2H5NO2/c1-27(2,3)25(35)18-11-9-12-19-24(18)30-21(28-19)17-32-16-10-13-20(26(32)36)29-22(33)14-7-6-8-15-23(34)31(4)5;1-5-2(3)4/h8-13,15-16H,6-7,14,17H2,1-5H3,(H,28,30)(H,29,33);1H3,(H2,3,4)/b15-8+;. The number of unbranched alkanes of at least 4 members (excludes halogenated alkanes) is 1. The number of hydrogen-bond donors (Lipinski definition) is 3. The van der Waals surface area contributed by atoms with Crippen molar-refractivity contribution in [3.05, 3.63) is 70.4 Å². The lowest BCUT2D eigenvalue weighted by atomic mass is 9.86. The van der Waals surface area contributed by atoms with Crippen molar-refractivity contribution in [1.82, 2.24) is 19.4 Å². The number of likely N-dealkylation sites (N-methyl/N-ethyl adjacent to an activating group) is 1. The van der Waals surface area contributed by atoms with Crippen LogP contribution in [0.1, 0.15) is 56.2 Å². The number of amides is 3. The van der Waals surface area contributed by atoms with Crippen molar-refractivity contribution in [3.63, 3.8) is 0 Å². The number of imidazole rings is 1. The van der Waals surface area contributed by atoms with Gasteiger partial charge in [0.1, 0.15) is 11.5 Å². The minimum absolute atomic E-state index is 0.00665. The van der Waals surface area contributed by atoms with Crippen molar-refractivity contribution in [2.24, 2.45) is 11.1 Å². The summed E-state index contributed by atoms with van der Waals surface area (Å²) in [6.07, 6.45) is 5.45. The smallest absolute Gasteiger partial charge is 0.404 e. The van der Waals surface area contributed by atoms with Gasteiger partial charge in [-0.15, -0.1) is 0 Å². The molecule has 0 unspecified atom stereocenters. The Morgan fingerprint density at radius 2 is 1.83 bits per heavy atom. The van der Waals surface area contributed by atoms with Crippen molar-refractivity contribution in [3.8, 4) is 0 Å². The second-order valence-corrected chi connectivity index (χ2v) is 10.4. The van der Waals surface area contributed by atoms with Crippen molar-refractivity contribution in [2.75, 3.05) is 26.5 Å². The molecular formula is C29H38N6O6. The molecule has 0 aliphatic rings. The van der Waals surface area contributed by atoms with Crippen molar-refractivity contribution in [2.45, 2.75) is 46.6 Å². The van der Waals surface area contributed by atoms with Gasteiger partial charge in [0, 0.05) is 37.7 Å². The average Bonchev–Trinajstić information content (AvgIpc) is 3.32. The molecule has 0 saturated heterocycles. The number of fused-ring (bicyclic) bond motifs is 1. The number of allylic oxidation sites excluding steroid dienone is 1. The van der Waals surface area contributed by atoms with Crippen LogP contribution in [0.5, 0.6) is 0 Å². The third-order valence-corrected chi connectivity index (χ3v) is 5.78. The van der Waals surface area contributed by atoms with Gasteiger partial charge in [-0.05, 0) is 43.2 Å². The Morgan fingerprint density at radius 1 is 1.15 bits per heavy atom. The number of H-pyrrole nitrogens is 1. The number of primary amides is 1. The zero-order chi connectivity index (χ0) is 30.7. The van der Waals surface area contributed by atoms with E-state index in [0.717, 1.165) is 5.52 Å². The van der Waals surface area contributed by atoms with Gasteiger partial charge in [-0.3, -0.25) is 19.2 Å². The molecular weight excluding hydrogens is 528 g/mol. The van der Waals surface area contributed by atoms with Crippen LogP contribution in [0.15, 0.2) is 53.5 Å². The van der Waals surface area contributed by atoms with Crippen molar-refractivity contribution >= 4 is 40.4 Å². The molecule has 41 heavy (non-hydrogen) atoms. The molecule has 0 bridgehead atoms. The number of methoxy groups -OCH3 is 1. The number of ether oxygens (including phenoxy) is 1. The van der Waals surface area contributed by atoms with Crippen LogP contribution in [0.4, 0.5) is 10.5 Å². The number of carbonyl (C=O) groups excluding carboxylic acids is 4. The Bertz CT molecular complexity index is 1480. The van der Waals surface area contributed by atoms with Gasteiger partial charge < -0.3 is 30.2 Å². The van der Waals surface area contributed by atoms with E-state index in [1.807, 2.05) is 32.9 Å². The molecule has 0 radical (unpaired) electrons. The summed E-state index contributed by atoms with van der Waals surface area (Å²) in [6, 6.07) is 8.66. The summed E-state index contributed by atoms with van der Waals surface area (Å²) in [5.41, 5.74) is 5.55. The molecule has 2 heterocycles. The minimum atomic E-state index is -0.745. The molecule has 0 atom stereocenters. The van der Waals surface area contributed by atoms with Gasteiger partial charge in [-0.1, -0.05) is 32.9 Å². The molecule has 12 heteroatoms. The van der Waals surface area contributed by atoms with Gasteiger partial charge in [0.15, 0.2) is 5.78 Å². The van der Waals surface area contributed by atoms with Crippen LogP contribution in [0, 0.1) is 5.41 Å². The van der Waals surface area contributed by atoms with Crippen LogP contribution in [0.2, 0.25) is 0 Å². The second-order valence-electron chi connectivity index (χ2n) is 10.4. The number of para-hydroxylation sites is 1. The highest BCUT2D eigenvalue weighted by Gasteiger charge is 2.25. The van der Waals surface area contributed by atoms with Gasteiger partial charge in [-0.2, -0.15) is 0 Å². The van der Waals surface area contributed by atoms with Crippen molar-refractivity contribution < 1.29 is 23.9 Å². The second kappa shape index (κ2) is 14.6. The molecule has 4 N–H and O–H groups in total. The summed E-state index contributed by atoms with van der Waals surface area (Å²) in [7, 11) is 4.57. The van der Waals surface area contributed by atoms with E-state index in [1.54, 1.807) is 44.6 Å². The zero-order valence-corrected chi connectivity index (χ0v) is 24.3. The maximum atomic E-state index is 12.9. The van der Waals surface area contributed by atoms with E-state index in [0.29, 0.717) is 29.7 Å². The molecule has 0 fully saturated rings. The monoisotopic (exact) mass is 566 g/mol. The van der Waals surface area contributed by atoms with Gasteiger partial charge in [0.05, 0.1) is 24.7 Å². The molecule has 0 aliphatic carbocycles. The van der Waals surface area contributed by atoms with Crippen LogP contribution in [-0.2, 0) is 20.9 Å². The van der Waals surface area contributed by atoms with E-state index in [2.05, 4.69) is 25.8 Å². The highest BCUT2D eigenvalue weighted by Crippen LogP contribution is 2.25. The Hall–Kier alpha value is -4.74. The third-order valence-electron chi connectivity index (χ3n) is 5.78. The molecule has 2 aromatic heterocycles. The van der Waals surface area contributed by atoms with E-state index in [4.69, 9.17) is 0 Å². The summed E-state index contributed by atoms with van der Waals surface area (Å²) in [6.45, 7) is 5.75. The molecule has 3 amide bonds. The van der Waals surface area contributed by atoms with Crippen LogP contribution in [0.25, 0.3) is 11.0 Å². The lowest BCUT2D eigenvalue weighted by molar-refractivity contribution is -0.123. The van der Waals surface area contributed by atoms with Gasteiger partial charge in [0.25, 0.3) is 5.56 Å². The Balaban J connectivity index is 0.00000108. The maximum Gasteiger partial charge on any atom is 0.404 e. The first-order chi connectivity index (χ1) is 19.2. The fraction of sp³-hybridized carbons (Fsp3) is 0.379. The number of aromatic nitrogens is 3. The summed E-state index contributed by atoms with van der Waals surface area (Å²) in [5, 5.41) is 2.67. The Labute approximate surface area is 238 Å². The maximum absolute atomic E-state index is 12.9. The largest absolute Gasteiger partial charge is 0.453 e. The predicted molar refractivity (Wildman–Crippen MR) is 157 cm³/mol. The molecule has 3 rings (SSSR count). The molecule has 0 spiro atoms. The number of nitrogens with one attached hydrogen (secondary N) is 2. The molecule has 220 valence electrons. The van der Waals surface area contributed by atoms with Crippen molar-refractivity contribution in [1.29, 1.82) is 0 Å². The zero-order valence-electron chi connectivity index (χ0n) is 24.3. The highest BCUT2D eigenvalue weighted by molar-refractivity contribution is 6.08. The number of pyridine rings is 1. The van der Waals surface area contributed by atoms with Gasteiger partial charge >= 0.3 is 6.09 Å². The average molecular weight is 567 g/mol. The lowest BCUT2D eigenvalue weighted by Gasteiger charge is -2.16. The lowest BCUT2D eigenvalue weighted by Crippen LogP contribution is -2.26. The molecule has 0 saturated carbocycles. The third kappa shape index (κ3) is 9.75. The number of Topliss-reactive ketones (excluding diaryl/α,β-unsaturated/α-hetero) is 1. The molecule has 12 nitrogen and oxygen atoms in total. The minimum Gasteiger partial charge on any atom is -0.453 e. The Morgan fingerprint density at radius 3 is 2.44 bits per heavy atom. The van der Waals surface area contributed by atoms with E-state index in [1.165, 1.54) is 22.7 Å². The fourth-order valence-corrected chi connectivity index (χ4v) is 3.59. The molecule has 3 aromatic rings. The number of aromatic amines is 1. The first-order valence-electron chi connectivity index (χ1n) is 13.0. The quantitative estimate of drug-likeness (QED) is 0.202. The summed E-state index contributed by atoms with van der Waals surface area (Å²) >= 11 is 0. The predicted octanol–water partition coefficient (Wildman–Crippen LogP) is 3.47. The summed E-state index contributed by atoms with van der Waals surface area (Å²) in [5.74, 6) is 0.147. The number of ketones is 1. The van der Waals surface area contributed by atoms with E-state index < -0.39 is 11.5 Å². The van der Waals surface area contributed by atoms with Crippen LogP contribution in [0.3, 0.4) is 0 Å². The van der Waals surface area contributed by atoms with Gasteiger partial charge in [0.2, 0.25) is 11.8 Å². The van der Waals surface area contributed by atoms with Crippen LogP contribution in [-0.4, -0.2) is 64.3 Å². The Kier molecular flexibility index (Phi) is 11.6. The number of hydrogen-bond acceptors (Lipinski definition) is 7. The number of carbonyl (C=O) groups is 4. The van der Waals surface area contributed by atoms with Gasteiger partial charge in [-0.25, -0.2) is 9.78 Å². The number of rotatable bonds is 9. The number of nitrogens with two attached hydrogens (primary N) is 1. The van der Waals surface area contributed by atoms with Crippen LogP contribution < -0.4 is 16.6 Å². The SMILES string of the molecule is CN(C)C(=O)/C=C/CCCC(=O)Nc1cccn(Cc2nc3c(C(=O)C(C)(C)C)cccc3[nH]2)c1=O.COC(N)=O. The first-order valence-corrected chi connectivity index (χ1v) is 13.0. The highest BCUT2D eigenvalue weighted by atomic mass is 16.5. The fourth-order valence-electron chi connectivity index (χ4n) is 3.59. The van der Waals surface area contributed by atoms with E-state index in [-0.39, 0.29) is 41.8 Å². The summed E-state index contributed by atoms with van der Waals surface area (Å²) < 4.78 is 5.34. The number of benzene rings is 1. The van der Waals surface area contributed by atoms with Crippen LogP contribution >= 0.6 is 0 Å². The topological polar surface area (TPSA) is 169 Å². The number of nitrogens with zero attached hydrogens (tertiary/aromatic N) is 3. The molecule has 1 aromatic carbocycles. The summed E-state index contributed by atoms with van der Waals surface area (Å²) in [4.78, 5) is 68.3.